The van der Waals surface area contributed by atoms with Gasteiger partial charge in [-0.2, -0.15) is 5.10 Å². The lowest BCUT2D eigenvalue weighted by Crippen LogP contribution is -2.35. The number of nitrogens with zero attached hydrogens (tertiary/aromatic N) is 3. The number of para-hydroxylation sites is 1. The molecule has 2 atom stereocenters. The third-order valence-electron chi connectivity index (χ3n) is 5.13. The zero-order valence-electron chi connectivity index (χ0n) is 15.3. The number of halogens is 2. The summed E-state index contributed by atoms with van der Waals surface area (Å²) in [6, 6.07) is 15.2. The van der Waals surface area contributed by atoms with Gasteiger partial charge in [-0.05, 0) is 73.6 Å². The van der Waals surface area contributed by atoms with Gasteiger partial charge in [-0.1, -0.05) is 37.3 Å². The SMILES string of the molecule is CC(CNc1nn(PI)c2c(Br)cccc12)CN1CCc2ccccc2C1. The van der Waals surface area contributed by atoms with E-state index < -0.39 is 0 Å². The molecule has 3 aromatic rings. The van der Waals surface area contributed by atoms with Crippen LogP contribution in [0.5, 0.6) is 0 Å². The molecule has 27 heavy (non-hydrogen) atoms. The van der Waals surface area contributed by atoms with E-state index in [-0.39, 0.29) is 0 Å². The van der Waals surface area contributed by atoms with Crippen LogP contribution < -0.4 is 5.32 Å². The number of fused-ring (bicyclic) bond motifs is 2. The molecule has 2 heterocycles. The Morgan fingerprint density at radius 1 is 1.22 bits per heavy atom. The fourth-order valence-electron chi connectivity index (χ4n) is 3.80. The van der Waals surface area contributed by atoms with E-state index in [1.807, 2.05) is 0 Å². The van der Waals surface area contributed by atoms with Gasteiger partial charge in [-0.25, -0.2) is 4.45 Å². The van der Waals surface area contributed by atoms with Crippen molar-refractivity contribution in [2.75, 3.05) is 25.0 Å². The Kier molecular flexibility index (Phi) is 6.37. The molecule has 1 N–H and O–H groups in total. The quantitative estimate of drug-likeness (QED) is 0.312. The van der Waals surface area contributed by atoms with Gasteiger partial charge < -0.3 is 5.32 Å². The van der Waals surface area contributed by atoms with Gasteiger partial charge in [0.15, 0.2) is 5.82 Å². The van der Waals surface area contributed by atoms with Gasteiger partial charge in [-0.3, -0.25) is 4.90 Å². The molecule has 0 fully saturated rings. The number of nitrogens with one attached hydrogen (secondary N) is 1. The monoisotopic (exact) mass is 556 g/mol. The molecule has 7 heteroatoms. The molecule has 0 saturated carbocycles. The Morgan fingerprint density at radius 3 is 2.85 bits per heavy atom. The summed E-state index contributed by atoms with van der Waals surface area (Å²) in [7, 11) is 0. The highest BCUT2D eigenvalue weighted by Crippen LogP contribution is 2.36. The van der Waals surface area contributed by atoms with Crippen molar-refractivity contribution in [2.45, 2.75) is 19.9 Å². The molecule has 2 aromatic carbocycles. The number of hydrogen-bond donors (Lipinski definition) is 1. The largest absolute Gasteiger partial charge is 0.368 e. The molecule has 0 radical (unpaired) electrons. The molecule has 1 aliphatic rings. The predicted molar refractivity (Wildman–Crippen MR) is 128 cm³/mol. The lowest BCUT2D eigenvalue weighted by atomic mass is 9.99. The fourth-order valence-corrected chi connectivity index (χ4v) is 6.01. The maximum atomic E-state index is 4.78. The molecular formula is C20H23BrIN4P. The molecule has 0 saturated heterocycles. The Hall–Kier alpha value is -0.690. The van der Waals surface area contributed by atoms with Crippen molar-refractivity contribution in [3.8, 4) is 0 Å². The second kappa shape index (κ2) is 8.76. The summed E-state index contributed by atoms with van der Waals surface area (Å²) >= 11 is 6.05. The van der Waals surface area contributed by atoms with Gasteiger partial charge in [0.25, 0.3) is 0 Å². The highest BCUT2D eigenvalue weighted by atomic mass is 127. The normalized spacial score (nSPS) is 16.1. The fraction of sp³-hybridized carbons (Fsp3) is 0.350. The van der Waals surface area contributed by atoms with Crippen molar-refractivity contribution in [3.63, 3.8) is 0 Å². The summed E-state index contributed by atoms with van der Waals surface area (Å²) in [6.07, 6.45) is 1.75. The molecule has 0 bridgehead atoms. The number of benzene rings is 2. The third-order valence-corrected chi connectivity index (χ3v) is 7.63. The van der Waals surface area contributed by atoms with E-state index >= 15 is 0 Å². The predicted octanol–water partition coefficient (Wildman–Crippen LogP) is 5.70. The van der Waals surface area contributed by atoms with Crippen LogP contribution in [-0.4, -0.2) is 34.1 Å². The van der Waals surface area contributed by atoms with Crippen LogP contribution in [0.1, 0.15) is 18.1 Å². The number of aromatic nitrogens is 2. The van der Waals surface area contributed by atoms with E-state index in [1.165, 1.54) is 22.0 Å². The summed E-state index contributed by atoms with van der Waals surface area (Å²) in [5.74, 6) is 1.55. The van der Waals surface area contributed by atoms with Gasteiger partial charge in [0, 0.05) is 36.0 Å². The van der Waals surface area contributed by atoms with Gasteiger partial charge in [0.05, 0.1) is 11.9 Å². The molecule has 4 nitrogen and oxygen atoms in total. The minimum atomic E-state index is 0.560. The first-order valence-electron chi connectivity index (χ1n) is 9.22. The lowest BCUT2D eigenvalue weighted by Gasteiger charge is -2.30. The number of hydrogen-bond acceptors (Lipinski definition) is 3. The van der Waals surface area contributed by atoms with Gasteiger partial charge >= 0.3 is 0 Å². The summed E-state index contributed by atoms with van der Waals surface area (Å²) in [5.41, 5.74) is 4.18. The average Bonchev–Trinajstić information content (AvgIpc) is 3.05. The molecule has 4 rings (SSSR count). The van der Waals surface area contributed by atoms with Crippen molar-refractivity contribution in [2.24, 2.45) is 5.92 Å². The summed E-state index contributed by atoms with van der Waals surface area (Å²) in [4.78, 5) is 2.58. The van der Waals surface area contributed by atoms with Crippen LogP contribution in [0.4, 0.5) is 5.82 Å². The van der Waals surface area contributed by atoms with Crippen LogP contribution >= 0.6 is 44.3 Å². The van der Waals surface area contributed by atoms with Gasteiger partial charge in [0.2, 0.25) is 0 Å². The smallest absolute Gasteiger partial charge is 0.156 e. The van der Waals surface area contributed by atoms with Crippen LogP contribution in [0.2, 0.25) is 0 Å². The van der Waals surface area contributed by atoms with Crippen molar-refractivity contribution in [1.29, 1.82) is 0 Å². The van der Waals surface area contributed by atoms with Crippen molar-refractivity contribution in [3.05, 3.63) is 58.1 Å². The lowest BCUT2D eigenvalue weighted by molar-refractivity contribution is 0.224. The maximum Gasteiger partial charge on any atom is 0.156 e. The minimum Gasteiger partial charge on any atom is -0.368 e. The summed E-state index contributed by atoms with van der Waals surface area (Å²) in [5, 5.41) is 9.57. The Labute approximate surface area is 183 Å². The number of rotatable bonds is 6. The maximum absolute atomic E-state index is 4.78. The average molecular weight is 557 g/mol. The Bertz CT molecular complexity index is 945. The second-order valence-electron chi connectivity index (χ2n) is 7.22. The van der Waals surface area contributed by atoms with Crippen LogP contribution in [0.3, 0.4) is 0 Å². The van der Waals surface area contributed by atoms with E-state index in [2.05, 4.69) is 102 Å². The molecule has 1 aromatic heterocycles. The molecule has 0 spiro atoms. The van der Waals surface area contributed by atoms with Crippen molar-refractivity contribution in [1.82, 2.24) is 14.5 Å². The summed E-state index contributed by atoms with van der Waals surface area (Å²) < 4.78 is 3.18. The number of anilines is 1. The Balaban J connectivity index is 1.39. The molecule has 1 aliphatic heterocycles. The highest BCUT2D eigenvalue weighted by Gasteiger charge is 2.18. The first-order valence-corrected chi connectivity index (χ1v) is 14.1. The van der Waals surface area contributed by atoms with E-state index in [0.717, 1.165) is 42.9 Å². The van der Waals surface area contributed by atoms with E-state index in [9.17, 15) is 0 Å². The first kappa shape index (κ1) is 19.6. The minimum absolute atomic E-state index is 0.560. The standard InChI is InChI=1S/C20H23BrIN4P/c1-14(12-25-10-9-15-5-2-3-6-16(15)13-25)11-23-20-17-7-4-8-18(21)19(17)26(24-20)27-22/h2-8,14,27H,9-13H2,1H3,(H,23,24). The zero-order valence-corrected chi connectivity index (χ0v) is 20.0. The molecule has 0 aliphatic carbocycles. The third kappa shape index (κ3) is 4.34. The highest BCUT2D eigenvalue weighted by molar-refractivity contribution is 14.2. The zero-order chi connectivity index (χ0) is 18.8. The van der Waals surface area contributed by atoms with E-state index in [4.69, 9.17) is 5.10 Å². The first-order chi connectivity index (χ1) is 13.2. The topological polar surface area (TPSA) is 33.1 Å². The van der Waals surface area contributed by atoms with E-state index in [1.54, 1.807) is 0 Å². The molecule has 0 amide bonds. The van der Waals surface area contributed by atoms with E-state index in [0.29, 0.717) is 12.3 Å². The van der Waals surface area contributed by atoms with Gasteiger partial charge in [-0.15, -0.1) is 0 Å². The van der Waals surface area contributed by atoms with Crippen molar-refractivity contribution >= 4 is 61.1 Å². The molecule has 2 unspecified atom stereocenters. The van der Waals surface area contributed by atoms with Crippen LogP contribution in [0.25, 0.3) is 10.9 Å². The van der Waals surface area contributed by atoms with Crippen LogP contribution in [0.15, 0.2) is 46.9 Å². The van der Waals surface area contributed by atoms with Crippen molar-refractivity contribution < 1.29 is 0 Å². The Morgan fingerprint density at radius 2 is 2.04 bits per heavy atom. The molecular weight excluding hydrogens is 534 g/mol. The van der Waals surface area contributed by atoms with Crippen LogP contribution in [-0.2, 0) is 13.0 Å². The second-order valence-corrected chi connectivity index (χ2v) is 10.1. The summed E-state index contributed by atoms with van der Waals surface area (Å²) in [6.45, 7) is 6.59. The van der Waals surface area contributed by atoms with Gasteiger partial charge in [0.1, 0.15) is 0 Å². The van der Waals surface area contributed by atoms with Crippen LogP contribution in [0, 0.1) is 5.92 Å². The molecule has 142 valence electrons.